The number of methoxy groups -OCH3 is 2. The standard InChI is InChI=1S/C17H20N2O2/c1-9-11(3)19(4)17-14(9)10(2)18-16-13(21-6)8-7-12(20-5)15(16)17/h7-8H,1-6H3. The minimum absolute atomic E-state index is 0.771. The minimum Gasteiger partial charge on any atom is -0.496 e. The average molecular weight is 284 g/mol. The van der Waals surface area contributed by atoms with E-state index in [0.29, 0.717) is 0 Å². The monoisotopic (exact) mass is 284 g/mol. The van der Waals surface area contributed by atoms with Gasteiger partial charge in [-0.3, -0.25) is 0 Å². The van der Waals surface area contributed by atoms with Crippen molar-refractivity contribution in [3.63, 3.8) is 0 Å². The molecule has 0 aliphatic heterocycles. The number of aromatic nitrogens is 2. The minimum atomic E-state index is 0.771. The molecule has 0 saturated carbocycles. The van der Waals surface area contributed by atoms with Gasteiger partial charge in [-0.15, -0.1) is 0 Å². The Morgan fingerprint density at radius 1 is 0.952 bits per heavy atom. The maximum absolute atomic E-state index is 5.57. The highest BCUT2D eigenvalue weighted by Gasteiger charge is 2.19. The molecule has 0 spiro atoms. The van der Waals surface area contributed by atoms with Crippen molar-refractivity contribution >= 4 is 21.8 Å². The van der Waals surface area contributed by atoms with Gasteiger partial charge in [0.2, 0.25) is 0 Å². The highest BCUT2D eigenvalue weighted by Crippen LogP contribution is 2.40. The number of fused-ring (bicyclic) bond motifs is 3. The number of hydrogen-bond acceptors (Lipinski definition) is 3. The Morgan fingerprint density at radius 2 is 1.57 bits per heavy atom. The van der Waals surface area contributed by atoms with Crippen LogP contribution in [0.3, 0.4) is 0 Å². The van der Waals surface area contributed by atoms with Crippen LogP contribution in [0.25, 0.3) is 21.8 Å². The van der Waals surface area contributed by atoms with Crippen molar-refractivity contribution in [1.82, 2.24) is 9.55 Å². The third kappa shape index (κ3) is 1.71. The van der Waals surface area contributed by atoms with E-state index in [1.165, 1.54) is 16.6 Å². The fraction of sp³-hybridized carbons (Fsp3) is 0.353. The fourth-order valence-electron chi connectivity index (χ4n) is 3.13. The lowest BCUT2D eigenvalue weighted by atomic mass is 10.1. The Labute approximate surface area is 124 Å². The zero-order chi connectivity index (χ0) is 15.3. The molecule has 4 nitrogen and oxygen atoms in total. The van der Waals surface area contributed by atoms with Gasteiger partial charge in [0.05, 0.1) is 25.1 Å². The van der Waals surface area contributed by atoms with E-state index in [1.807, 2.05) is 19.1 Å². The van der Waals surface area contributed by atoms with Crippen molar-refractivity contribution in [1.29, 1.82) is 0 Å². The molecule has 110 valence electrons. The van der Waals surface area contributed by atoms with Gasteiger partial charge in [-0.2, -0.15) is 0 Å². The van der Waals surface area contributed by atoms with Crippen LogP contribution in [0.1, 0.15) is 17.0 Å². The van der Waals surface area contributed by atoms with Crippen molar-refractivity contribution in [2.75, 3.05) is 14.2 Å². The van der Waals surface area contributed by atoms with Crippen LogP contribution < -0.4 is 9.47 Å². The van der Waals surface area contributed by atoms with E-state index in [-0.39, 0.29) is 0 Å². The molecule has 0 bridgehead atoms. The summed E-state index contributed by atoms with van der Waals surface area (Å²) in [6.45, 7) is 6.32. The normalized spacial score (nSPS) is 11.3. The summed E-state index contributed by atoms with van der Waals surface area (Å²) < 4.78 is 13.3. The zero-order valence-corrected chi connectivity index (χ0v) is 13.4. The topological polar surface area (TPSA) is 36.3 Å². The second-order valence-corrected chi connectivity index (χ2v) is 5.38. The SMILES string of the molecule is COc1ccc(OC)c2c1nc(C)c1c(C)c(C)n(C)c12. The largest absolute Gasteiger partial charge is 0.496 e. The van der Waals surface area contributed by atoms with E-state index in [0.717, 1.165) is 33.6 Å². The molecule has 0 radical (unpaired) electrons. The molecule has 0 amide bonds. The first-order valence-corrected chi connectivity index (χ1v) is 6.98. The fourth-order valence-corrected chi connectivity index (χ4v) is 3.13. The molecule has 0 aliphatic rings. The maximum Gasteiger partial charge on any atom is 0.145 e. The number of ether oxygens (including phenoxy) is 2. The van der Waals surface area contributed by atoms with E-state index in [9.17, 15) is 0 Å². The summed E-state index contributed by atoms with van der Waals surface area (Å²) in [5, 5.41) is 2.21. The Bertz CT molecular complexity index is 863. The van der Waals surface area contributed by atoms with Gasteiger partial charge in [0.15, 0.2) is 0 Å². The molecule has 2 aromatic heterocycles. The lowest BCUT2D eigenvalue weighted by Crippen LogP contribution is -1.97. The number of hydrogen-bond donors (Lipinski definition) is 0. The predicted molar refractivity (Wildman–Crippen MR) is 85.5 cm³/mol. The molecule has 0 N–H and O–H groups in total. The lowest BCUT2D eigenvalue weighted by molar-refractivity contribution is 0.410. The van der Waals surface area contributed by atoms with Crippen LogP contribution >= 0.6 is 0 Å². The Hall–Kier alpha value is -2.23. The van der Waals surface area contributed by atoms with Gasteiger partial charge in [-0.25, -0.2) is 4.98 Å². The number of pyridine rings is 1. The summed E-state index contributed by atoms with van der Waals surface area (Å²) in [6.07, 6.45) is 0. The van der Waals surface area contributed by atoms with Crippen molar-refractivity contribution < 1.29 is 9.47 Å². The van der Waals surface area contributed by atoms with Gasteiger partial charge >= 0.3 is 0 Å². The Morgan fingerprint density at radius 3 is 2.19 bits per heavy atom. The second-order valence-electron chi connectivity index (χ2n) is 5.38. The van der Waals surface area contributed by atoms with Crippen LogP contribution in [-0.2, 0) is 7.05 Å². The molecular formula is C17H20N2O2. The van der Waals surface area contributed by atoms with Crippen LogP contribution in [0, 0.1) is 20.8 Å². The van der Waals surface area contributed by atoms with Gasteiger partial charge in [0.25, 0.3) is 0 Å². The maximum atomic E-state index is 5.57. The number of nitrogens with zero attached hydrogens (tertiary/aromatic N) is 2. The second kappa shape index (κ2) is 4.65. The van der Waals surface area contributed by atoms with E-state index in [4.69, 9.17) is 14.5 Å². The van der Waals surface area contributed by atoms with Crippen LogP contribution in [0.4, 0.5) is 0 Å². The van der Waals surface area contributed by atoms with Crippen LogP contribution in [-0.4, -0.2) is 23.8 Å². The van der Waals surface area contributed by atoms with Crippen LogP contribution in [0.2, 0.25) is 0 Å². The molecule has 3 aromatic rings. The summed E-state index contributed by atoms with van der Waals surface area (Å²) in [7, 11) is 5.45. The molecule has 21 heavy (non-hydrogen) atoms. The third-order valence-corrected chi connectivity index (χ3v) is 4.41. The molecule has 2 heterocycles. The first-order valence-electron chi connectivity index (χ1n) is 6.98. The van der Waals surface area contributed by atoms with Crippen LogP contribution in [0.5, 0.6) is 11.5 Å². The molecule has 0 unspecified atom stereocenters. The van der Waals surface area contributed by atoms with Crippen molar-refractivity contribution in [3.05, 3.63) is 29.1 Å². The van der Waals surface area contributed by atoms with Gasteiger partial charge in [-0.05, 0) is 38.5 Å². The molecule has 0 saturated heterocycles. The summed E-state index contributed by atoms with van der Waals surface area (Å²) in [5.74, 6) is 1.59. The number of aryl methyl sites for hydroxylation is 3. The molecular weight excluding hydrogens is 264 g/mol. The van der Waals surface area contributed by atoms with Crippen molar-refractivity contribution in [2.45, 2.75) is 20.8 Å². The highest BCUT2D eigenvalue weighted by molar-refractivity contribution is 6.11. The summed E-state index contributed by atoms with van der Waals surface area (Å²) in [4.78, 5) is 4.78. The predicted octanol–water partition coefficient (Wildman–Crippen LogP) is 3.67. The van der Waals surface area contributed by atoms with Crippen molar-refractivity contribution in [2.24, 2.45) is 7.05 Å². The Kier molecular flexibility index (Phi) is 3.04. The summed E-state index contributed by atoms with van der Waals surface area (Å²) >= 11 is 0. The quantitative estimate of drug-likeness (QED) is 0.720. The van der Waals surface area contributed by atoms with E-state index >= 15 is 0 Å². The zero-order valence-electron chi connectivity index (χ0n) is 13.4. The summed E-state index contributed by atoms with van der Waals surface area (Å²) in [6, 6.07) is 3.84. The first kappa shape index (κ1) is 13.7. The highest BCUT2D eigenvalue weighted by atomic mass is 16.5. The molecule has 0 aliphatic carbocycles. The van der Waals surface area contributed by atoms with Gasteiger partial charge in [-0.1, -0.05) is 0 Å². The first-order chi connectivity index (χ1) is 10.0. The van der Waals surface area contributed by atoms with Crippen LogP contribution in [0.15, 0.2) is 12.1 Å². The van der Waals surface area contributed by atoms with Gasteiger partial charge in [0, 0.05) is 23.8 Å². The molecule has 3 rings (SSSR count). The third-order valence-electron chi connectivity index (χ3n) is 4.41. The van der Waals surface area contributed by atoms with E-state index < -0.39 is 0 Å². The van der Waals surface area contributed by atoms with Crippen molar-refractivity contribution in [3.8, 4) is 11.5 Å². The summed E-state index contributed by atoms with van der Waals surface area (Å²) in [5.41, 5.74) is 5.53. The van der Waals surface area contributed by atoms with Gasteiger partial charge in [0.1, 0.15) is 17.0 Å². The average Bonchev–Trinajstić information content (AvgIpc) is 2.71. The number of rotatable bonds is 2. The molecule has 0 atom stereocenters. The smallest absolute Gasteiger partial charge is 0.145 e. The molecule has 0 fully saturated rings. The lowest BCUT2D eigenvalue weighted by Gasteiger charge is -2.12. The molecule has 4 heteroatoms. The number of benzene rings is 1. The van der Waals surface area contributed by atoms with E-state index in [2.05, 4.69) is 25.5 Å². The van der Waals surface area contributed by atoms with E-state index in [1.54, 1.807) is 14.2 Å². The molecule has 1 aromatic carbocycles. The van der Waals surface area contributed by atoms with Gasteiger partial charge < -0.3 is 14.0 Å². The Balaban J connectivity index is 2.68.